The molecule has 5 nitrogen and oxygen atoms in total. The highest BCUT2D eigenvalue weighted by atomic mass is 19.3. The van der Waals surface area contributed by atoms with Crippen molar-refractivity contribution in [1.82, 2.24) is 4.90 Å². The molecule has 0 saturated carbocycles. The number of aryl methyl sites for hydroxylation is 1. The Morgan fingerprint density at radius 2 is 1.79 bits per heavy atom. The van der Waals surface area contributed by atoms with Crippen LogP contribution in [0.5, 0.6) is 5.75 Å². The van der Waals surface area contributed by atoms with E-state index < -0.39 is 24.5 Å². The number of halogens is 4. The molecule has 0 aromatic heterocycles. The van der Waals surface area contributed by atoms with E-state index in [9.17, 15) is 22.4 Å². The number of alkyl halides is 4. The maximum absolute atomic E-state index is 13.1. The first-order valence-electron chi connectivity index (χ1n) is 8.80. The standard InChI is InChI=1S/C20H19F4N3O2/c1-27-17(28)20(26-19(27)25,13-6-8-15(9-7-13)29-18(23)24)14-4-2-3-12(11-14)5-10-16(21)22/h2-4,6-9,11,16,18H,5,10H2,1H3,(H2,25,26). The monoisotopic (exact) mass is 409 g/mol. The molecule has 1 aliphatic heterocycles. The van der Waals surface area contributed by atoms with Crippen LogP contribution in [0.4, 0.5) is 17.6 Å². The Hall–Kier alpha value is -3.10. The van der Waals surface area contributed by atoms with Gasteiger partial charge in [0.1, 0.15) is 5.75 Å². The van der Waals surface area contributed by atoms with Crippen LogP contribution in [0.1, 0.15) is 23.1 Å². The van der Waals surface area contributed by atoms with E-state index in [2.05, 4.69) is 9.73 Å². The number of benzene rings is 2. The molecule has 1 amide bonds. The van der Waals surface area contributed by atoms with Crippen LogP contribution in [0, 0.1) is 0 Å². The maximum Gasteiger partial charge on any atom is 0.387 e. The molecule has 3 rings (SSSR count). The van der Waals surface area contributed by atoms with Crippen LogP contribution < -0.4 is 10.5 Å². The van der Waals surface area contributed by atoms with E-state index in [0.29, 0.717) is 16.7 Å². The van der Waals surface area contributed by atoms with Crippen molar-refractivity contribution in [2.45, 2.75) is 31.4 Å². The van der Waals surface area contributed by atoms with Crippen molar-refractivity contribution in [3.8, 4) is 5.75 Å². The van der Waals surface area contributed by atoms with Crippen molar-refractivity contribution in [1.29, 1.82) is 0 Å². The van der Waals surface area contributed by atoms with Crippen molar-refractivity contribution in [3.63, 3.8) is 0 Å². The van der Waals surface area contributed by atoms with Crippen molar-refractivity contribution in [3.05, 3.63) is 65.2 Å². The second-order valence-electron chi connectivity index (χ2n) is 6.58. The average Bonchev–Trinajstić information content (AvgIpc) is 2.92. The summed E-state index contributed by atoms with van der Waals surface area (Å²) in [6.45, 7) is -2.98. The van der Waals surface area contributed by atoms with Crippen LogP contribution >= 0.6 is 0 Å². The van der Waals surface area contributed by atoms with E-state index in [1.165, 1.54) is 36.2 Å². The van der Waals surface area contributed by atoms with E-state index in [0.717, 1.165) is 0 Å². The van der Waals surface area contributed by atoms with Crippen LogP contribution in [0.2, 0.25) is 0 Å². The zero-order chi connectivity index (χ0) is 21.2. The minimum Gasteiger partial charge on any atom is -0.435 e. The number of carbonyl (C=O) groups excluding carboxylic acids is 1. The third kappa shape index (κ3) is 4.03. The van der Waals surface area contributed by atoms with Crippen LogP contribution in [-0.4, -0.2) is 36.9 Å². The number of nitrogens with zero attached hydrogens (tertiary/aromatic N) is 2. The molecule has 0 radical (unpaired) electrons. The molecule has 2 aromatic rings. The Morgan fingerprint density at radius 3 is 2.34 bits per heavy atom. The SMILES string of the molecule is CN1C(=O)C(c2ccc(OC(F)F)cc2)(c2cccc(CCC(F)F)c2)N=C1N. The Bertz CT molecular complexity index is 918. The van der Waals surface area contributed by atoms with Crippen molar-refractivity contribution in [2.75, 3.05) is 7.05 Å². The third-order valence-corrected chi connectivity index (χ3v) is 4.73. The van der Waals surface area contributed by atoms with Gasteiger partial charge in [-0.25, -0.2) is 13.8 Å². The largest absolute Gasteiger partial charge is 0.435 e. The van der Waals surface area contributed by atoms with Gasteiger partial charge < -0.3 is 10.5 Å². The lowest BCUT2D eigenvalue weighted by molar-refractivity contribution is -0.129. The summed E-state index contributed by atoms with van der Waals surface area (Å²) in [6.07, 6.45) is -2.62. The highest BCUT2D eigenvalue weighted by molar-refractivity contribution is 6.08. The summed E-state index contributed by atoms with van der Waals surface area (Å²) >= 11 is 0. The van der Waals surface area contributed by atoms with Crippen LogP contribution in [0.25, 0.3) is 0 Å². The minimum absolute atomic E-state index is 0.0131. The number of rotatable bonds is 7. The van der Waals surface area contributed by atoms with Crippen LogP contribution in [0.15, 0.2) is 53.5 Å². The zero-order valence-corrected chi connectivity index (χ0v) is 15.5. The van der Waals surface area contributed by atoms with Gasteiger partial charge in [-0.1, -0.05) is 36.4 Å². The second-order valence-corrected chi connectivity index (χ2v) is 6.58. The number of aliphatic imine (C=N–C) groups is 1. The number of nitrogens with two attached hydrogens (primary N) is 1. The average molecular weight is 409 g/mol. The van der Waals surface area contributed by atoms with E-state index in [1.54, 1.807) is 24.3 Å². The highest BCUT2D eigenvalue weighted by Crippen LogP contribution is 2.40. The number of amides is 1. The fourth-order valence-electron chi connectivity index (χ4n) is 3.29. The first-order valence-corrected chi connectivity index (χ1v) is 8.80. The Kier molecular flexibility index (Phi) is 5.76. The summed E-state index contributed by atoms with van der Waals surface area (Å²) < 4.78 is 54.4. The van der Waals surface area contributed by atoms with E-state index in [4.69, 9.17) is 5.73 Å². The van der Waals surface area contributed by atoms with Crippen molar-refractivity contribution < 1.29 is 27.1 Å². The van der Waals surface area contributed by atoms with Gasteiger partial charge in [-0.3, -0.25) is 9.69 Å². The topological polar surface area (TPSA) is 67.9 Å². The van der Waals surface area contributed by atoms with Gasteiger partial charge in [0, 0.05) is 13.5 Å². The Labute approximate surface area is 164 Å². The number of hydrogen-bond acceptors (Lipinski definition) is 4. The molecule has 2 N–H and O–H groups in total. The fourth-order valence-corrected chi connectivity index (χ4v) is 3.29. The van der Waals surface area contributed by atoms with Gasteiger partial charge in [-0.15, -0.1) is 0 Å². The molecule has 29 heavy (non-hydrogen) atoms. The molecular formula is C20H19F4N3O2. The smallest absolute Gasteiger partial charge is 0.387 e. The predicted molar refractivity (Wildman–Crippen MR) is 99.0 cm³/mol. The molecule has 0 bridgehead atoms. The van der Waals surface area contributed by atoms with Gasteiger partial charge in [0.05, 0.1) is 0 Å². The fraction of sp³-hybridized carbons (Fsp3) is 0.300. The minimum atomic E-state index is -2.98. The highest BCUT2D eigenvalue weighted by Gasteiger charge is 2.49. The van der Waals surface area contributed by atoms with Crippen LogP contribution in [0.3, 0.4) is 0 Å². The van der Waals surface area contributed by atoms with Gasteiger partial charge in [0.15, 0.2) is 11.5 Å². The number of carbonyl (C=O) groups is 1. The van der Waals surface area contributed by atoms with Gasteiger partial charge >= 0.3 is 6.61 Å². The first-order chi connectivity index (χ1) is 13.7. The Morgan fingerprint density at radius 1 is 1.10 bits per heavy atom. The lowest BCUT2D eigenvalue weighted by atomic mass is 9.82. The van der Waals surface area contributed by atoms with Crippen molar-refractivity contribution >= 4 is 11.9 Å². The lowest BCUT2D eigenvalue weighted by Gasteiger charge is -2.26. The molecule has 0 fully saturated rings. The number of likely N-dealkylation sites (N-methyl/N-ethyl adjacent to an activating group) is 1. The summed E-state index contributed by atoms with van der Waals surface area (Å²) in [6, 6.07) is 12.2. The number of ether oxygens (including phenoxy) is 1. The normalized spacial score (nSPS) is 19.2. The molecule has 1 aliphatic rings. The zero-order valence-electron chi connectivity index (χ0n) is 15.5. The molecule has 2 aromatic carbocycles. The maximum atomic E-state index is 13.1. The second kappa shape index (κ2) is 8.10. The van der Waals surface area contributed by atoms with Gasteiger partial charge in [0.25, 0.3) is 5.91 Å². The molecule has 1 atom stereocenters. The molecule has 154 valence electrons. The van der Waals surface area contributed by atoms with E-state index in [1.807, 2.05) is 0 Å². The Balaban J connectivity index is 2.07. The quantitative estimate of drug-likeness (QED) is 0.712. The molecule has 9 heteroatoms. The van der Waals surface area contributed by atoms with Gasteiger partial charge in [-0.05, 0) is 35.2 Å². The predicted octanol–water partition coefficient (Wildman–Crippen LogP) is 3.52. The van der Waals surface area contributed by atoms with Crippen LogP contribution in [-0.2, 0) is 16.8 Å². The number of guanidine groups is 1. The van der Waals surface area contributed by atoms with Gasteiger partial charge in [0.2, 0.25) is 6.43 Å². The summed E-state index contributed by atoms with van der Waals surface area (Å²) in [5.41, 5.74) is 5.81. The molecule has 0 saturated heterocycles. The summed E-state index contributed by atoms with van der Waals surface area (Å²) in [4.78, 5) is 18.7. The summed E-state index contributed by atoms with van der Waals surface area (Å²) in [7, 11) is 1.47. The molecule has 1 unspecified atom stereocenters. The van der Waals surface area contributed by atoms with Gasteiger partial charge in [-0.2, -0.15) is 8.78 Å². The van der Waals surface area contributed by atoms with E-state index in [-0.39, 0.29) is 24.6 Å². The number of hydrogen-bond donors (Lipinski definition) is 1. The van der Waals surface area contributed by atoms with E-state index >= 15 is 0 Å². The molecule has 0 aliphatic carbocycles. The summed E-state index contributed by atoms with van der Waals surface area (Å²) in [5.74, 6) is -0.523. The third-order valence-electron chi connectivity index (χ3n) is 4.73. The molecule has 1 heterocycles. The first kappa shape index (κ1) is 20.6. The van der Waals surface area contributed by atoms with Crippen molar-refractivity contribution in [2.24, 2.45) is 10.7 Å². The summed E-state index contributed by atoms with van der Waals surface area (Å²) in [5, 5.41) is 0. The lowest BCUT2D eigenvalue weighted by Crippen LogP contribution is -2.41. The molecule has 0 spiro atoms. The molecular weight excluding hydrogens is 390 g/mol.